The van der Waals surface area contributed by atoms with E-state index in [1.807, 2.05) is 6.20 Å². The van der Waals surface area contributed by atoms with E-state index in [0.29, 0.717) is 5.92 Å². The van der Waals surface area contributed by atoms with Gasteiger partial charge in [-0.2, -0.15) is 0 Å². The van der Waals surface area contributed by atoms with Crippen molar-refractivity contribution >= 4 is 10.8 Å². The molecular weight excluding hydrogens is 326 g/mol. The maximum absolute atomic E-state index is 4.89. The second-order valence-corrected chi connectivity index (χ2v) is 8.04. The lowest BCUT2D eigenvalue weighted by Gasteiger charge is -2.14. The second-order valence-electron chi connectivity index (χ2n) is 8.04. The number of hydrogen-bond acceptors (Lipinski definition) is 1. The van der Waals surface area contributed by atoms with Crippen molar-refractivity contribution in [3.8, 4) is 33.5 Å². The molecule has 0 spiro atoms. The summed E-state index contributed by atoms with van der Waals surface area (Å²) in [7, 11) is 0. The molecule has 1 aromatic heterocycles. The summed E-state index contributed by atoms with van der Waals surface area (Å²) >= 11 is 0. The zero-order valence-electron chi connectivity index (χ0n) is 16.1. The van der Waals surface area contributed by atoms with Gasteiger partial charge in [-0.15, -0.1) is 0 Å². The Balaban J connectivity index is 1.93. The van der Waals surface area contributed by atoms with Gasteiger partial charge in [0.1, 0.15) is 0 Å². The molecule has 0 saturated heterocycles. The molecule has 5 rings (SSSR count). The van der Waals surface area contributed by atoms with Gasteiger partial charge in [0.05, 0.1) is 5.69 Å². The van der Waals surface area contributed by atoms with Crippen LogP contribution in [-0.2, 0) is 6.42 Å². The third-order valence-corrected chi connectivity index (χ3v) is 5.60. The third-order valence-electron chi connectivity index (χ3n) is 5.60. The molecule has 0 atom stereocenters. The number of fused-ring (bicyclic) bond motifs is 5. The van der Waals surface area contributed by atoms with Gasteiger partial charge in [0.15, 0.2) is 0 Å². The van der Waals surface area contributed by atoms with Gasteiger partial charge in [-0.3, -0.25) is 4.98 Å². The molecule has 1 aliphatic carbocycles. The number of rotatable bonds is 2. The van der Waals surface area contributed by atoms with Crippen LogP contribution < -0.4 is 0 Å². The van der Waals surface area contributed by atoms with Crippen LogP contribution in [-0.4, -0.2) is 4.98 Å². The molecule has 0 N–H and O–H groups in total. The molecule has 0 amide bonds. The number of aromatic nitrogens is 1. The fourth-order valence-corrected chi connectivity index (χ4v) is 4.43. The van der Waals surface area contributed by atoms with Crippen LogP contribution in [0.3, 0.4) is 0 Å². The van der Waals surface area contributed by atoms with Crippen LogP contribution in [0.2, 0.25) is 0 Å². The summed E-state index contributed by atoms with van der Waals surface area (Å²) < 4.78 is 0. The van der Waals surface area contributed by atoms with E-state index in [2.05, 4.69) is 81.4 Å². The quantitative estimate of drug-likeness (QED) is 0.332. The predicted octanol–water partition coefficient (Wildman–Crippen LogP) is 7.06. The summed E-state index contributed by atoms with van der Waals surface area (Å²) in [6, 6.07) is 22.4. The Morgan fingerprint density at radius 2 is 1.52 bits per heavy atom. The molecule has 132 valence electrons. The van der Waals surface area contributed by atoms with Crippen LogP contribution in [0.15, 0.2) is 66.9 Å². The third kappa shape index (κ3) is 2.49. The van der Waals surface area contributed by atoms with Crippen LogP contribution in [0.25, 0.3) is 44.3 Å². The van der Waals surface area contributed by atoms with Gasteiger partial charge in [-0.05, 0) is 58.0 Å². The summed E-state index contributed by atoms with van der Waals surface area (Å²) in [4.78, 5) is 4.89. The second kappa shape index (κ2) is 6.06. The fourth-order valence-electron chi connectivity index (χ4n) is 4.43. The van der Waals surface area contributed by atoms with Gasteiger partial charge < -0.3 is 0 Å². The Morgan fingerprint density at radius 1 is 0.778 bits per heavy atom. The molecule has 27 heavy (non-hydrogen) atoms. The van der Waals surface area contributed by atoms with Gasteiger partial charge in [-0.25, -0.2) is 0 Å². The van der Waals surface area contributed by atoms with Crippen LogP contribution in [0.4, 0.5) is 0 Å². The van der Waals surface area contributed by atoms with Crippen LogP contribution in [0.5, 0.6) is 0 Å². The lowest BCUT2D eigenvalue weighted by Crippen LogP contribution is -1.95. The van der Waals surface area contributed by atoms with Crippen molar-refractivity contribution in [1.82, 2.24) is 4.98 Å². The van der Waals surface area contributed by atoms with E-state index in [0.717, 1.165) is 12.1 Å². The smallest absolute Gasteiger partial charge is 0.0792 e. The van der Waals surface area contributed by atoms with E-state index >= 15 is 0 Å². The summed E-state index contributed by atoms with van der Waals surface area (Å²) in [6.45, 7) is 6.71. The largest absolute Gasteiger partial charge is 0.255 e. The van der Waals surface area contributed by atoms with Crippen molar-refractivity contribution in [2.24, 2.45) is 5.92 Å². The van der Waals surface area contributed by atoms with E-state index in [1.54, 1.807) is 0 Å². The predicted molar refractivity (Wildman–Crippen MR) is 115 cm³/mol. The first-order valence-electron chi connectivity index (χ1n) is 9.75. The maximum atomic E-state index is 4.89. The number of benzene rings is 3. The van der Waals surface area contributed by atoms with Crippen molar-refractivity contribution in [1.29, 1.82) is 0 Å². The first-order chi connectivity index (χ1) is 13.1. The fraction of sp³-hybridized carbons (Fsp3) is 0.192. The van der Waals surface area contributed by atoms with Crippen molar-refractivity contribution in [3.05, 3.63) is 78.0 Å². The van der Waals surface area contributed by atoms with Crippen LogP contribution in [0.1, 0.15) is 25.0 Å². The van der Waals surface area contributed by atoms with Crippen LogP contribution in [0, 0.1) is 12.8 Å². The average molecular weight is 349 g/mol. The molecule has 1 aliphatic rings. The molecule has 4 aromatic rings. The summed E-state index contributed by atoms with van der Waals surface area (Å²) in [5, 5.41) is 2.58. The van der Waals surface area contributed by atoms with Gasteiger partial charge in [0.2, 0.25) is 0 Å². The van der Waals surface area contributed by atoms with Crippen molar-refractivity contribution < 1.29 is 0 Å². The van der Waals surface area contributed by atoms with Gasteiger partial charge in [0, 0.05) is 17.1 Å². The standard InChI is InChI=1S/C26H23N/c1-16(2)13-18-11-12-21-22-10-6-9-19-17(3)15-27-26(25(19)22)23-8-5-4-7-20(23)24(21)14-18/h4-12,14-16H,13H2,1-3H3. The van der Waals surface area contributed by atoms with Gasteiger partial charge in [0.25, 0.3) is 0 Å². The SMILES string of the molecule is Cc1cnc2c3c(cccc13)-c1ccc(CC(C)C)cc1-c1ccccc1-2. The lowest BCUT2D eigenvalue weighted by atomic mass is 9.90. The highest BCUT2D eigenvalue weighted by Gasteiger charge is 2.22. The number of aryl methyl sites for hydroxylation is 1. The van der Waals surface area contributed by atoms with Gasteiger partial charge >= 0.3 is 0 Å². The van der Waals surface area contributed by atoms with Crippen molar-refractivity contribution in [3.63, 3.8) is 0 Å². The monoisotopic (exact) mass is 349 g/mol. The number of hydrogen-bond donors (Lipinski definition) is 0. The Bertz CT molecular complexity index is 1180. The Labute approximate surface area is 160 Å². The molecule has 0 unspecified atom stereocenters. The van der Waals surface area contributed by atoms with Crippen molar-refractivity contribution in [2.45, 2.75) is 27.2 Å². The molecule has 1 heterocycles. The normalized spacial score (nSPS) is 12.0. The van der Waals surface area contributed by atoms with E-state index in [4.69, 9.17) is 4.98 Å². The highest BCUT2D eigenvalue weighted by atomic mass is 14.7. The lowest BCUT2D eigenvalue weighted by molar-refractivity contribution is 0.647. The Kier molecular flexibility index (Phi) is 3.65. The Morgan fingerprint density at radius 3 is 2.33 bits per heavy atom. The highest BCUT2D eigenvalue weighted by Crippen LogP contribution is 2.47. The first-order valence-corrected chi connectivity index (χ1v) is 9.75. The zero-order valence-corrected chi connectivity index (χ0v) is 16.1. The number of nitrogens with zero attached hydrogens (tertiary/aromatic N) is 1. The molecule has 0 fully saturated rings. The van der Waals surface area contributed by atoms with E-state index in [-0.39, 0.29) is 0 Å². The molecule has 0 aliphatic heterocycles. The molecule has 0 radical (unpaired) electrons. The minimum absolute atomic E-state index is 0.647. The molecular formula is C26H23N. The van der Waals surface area contributed by atoms with E-state index in [9.17, 15) is 0 Å². The van der Waals surface area contributed by atoms with Gasteiger partial charge in [-0.1, -0.05) is 74.5 Å². The van der Waals surface area contributed by atoms with E-state index < -0.39 is 0 Å². The summed E-state index contributed by atoms with van der Waals surface area (Å²) in [5.74, 6) is 0.647. The Hall–Kier alpha value is -2.93. The molecule has 0 saturated carbocycles. The topological polar surface area (TPSA) is 12.9 Å². The molecule has 3 aromatic carbocycles. The van der Waals surface area contributed by atoms with Crippen molar-refractivity contribution in [2.75, 3.05) is 0 Å². The average Bonchev–Trinajstić information content (AvgIpc) is 2.79. The molecule has 0 bridgehead atoms. The molecule has 1 nitrogen and oxygen atoms in total. The zero-order chi connectivity index (χ0) is 18.5. The molecule has 1 heteroatoms. The summed E-state index contributed by atoms with van der Waals surface area (Å²) in [6.07, 6.45) is 3.11. The maximum Gasteiger partial charge on any atom is 0.0792 e. The highest BCUT2D eigenvalue weighted by molar-refractivity contribution is 6.12. The first kappa shape index (κ1) is 16.3. The number of pyridine rings is 1. The summed E-state index contributed by atoms with van der Waals surface area (Å²) in [5.41, 5.74) is 10.2. The minimum Gasteiger partial charge on any atom is -0.255 e. The van der Waals surface area contributed by atoms with E-state index in [1.165, 1.54) is 49.7 Å². The van der Waals surface area contributed by atoms with Crippen LogP contribution >= 0.6 is 0 Å². The minimum atomic E-state index is 0.647.